The van der Waals surface area contributed by atoms with Crippen LogP contribution < -0.4 is 28.4 Å². The molecule has 0 aromatic heterocycles. The Bertz CT molecular complexity index is 1810. The van der Waals surface area contributed by atoms with Gasteiger partial charge in [-0.05, 0) is 98.4 Å². The zero-order chi connectivity index (χ0) is 32.8. The van der Waals surface area contributed by atoms with Gasteiger partial charge in [-0.15, -0.1) is 0 Å². The number of phenolic OH excluding ortho intramolecular Hbond substituents is 1. The van der Waals surface area contributed by atoms with Crippen LogP contribution in [0.2, 0.25) is 0 Å². The molecule has 0 amide bonds. The molecule has 8 rings (SSSR count). The van der Waals surface area contributed by atoms with Gasteiger partial charge in [-0.2, -0.15) is 0 Å². The molecule has 6 bridgehead atoms. The minimum absolute atomic E-state index is 0.0767. The lowest BCUT2D eigenvalue weighted by atomic mass is 9.86. The van der Waals surface area contributed by atoms with E-state index in [2.05, 4.69) is 54.2 Å². The highest BCUT2D eigenvalue weighted by molar-refractivity contribution is 5.69. The molecule has 4 aromatic carbocycles. The van der Waals surface area contributed by atoms with Crippen molar-refractivity contribution in [3.05, 3.63) is 88.0 Å². The molecule has 4 aliphatic heterocycles. The summed E-state index contributed by atoms with van der Waals surface area (Å²) in [6.45, 7) is 1.67. The molecular weight excluding hydrogens is 596 g/mol. The van der Waals surface area contributed by atoms with Gasteiger partial charge < -0.3 is 33.5 Å². The summed E-state index contributed by atoms with van der Waals surface area (Å²) in [7, 11) is 10.7. The maximum atomic E-state index is 11.6. The maximum absolute atomic E-state index is 11.6. The summed E-state index contributed by atoms with van der Waals surface area (Å²) >= 11 is 0. The Morgan fingerprint density at radius 3 is 2.06 bits per heavy atom. The van der Waals surface area contributed by atoms with Crippen molar-refractivity contribution in [3.8, 4) is 51.7 Å². The van der Waals surface area contributed by atoms with Crippen molar-refractivity contribution in [2.75, 3.05) is 55.6 Å². The zero-order valence-electron chi connectivity index (χ0n) is 27.9. The summed E-state index contributed by atoms with van der Waals surface area (Å²) in [6.07, 6.45) is 2.95. The fourth-order valence-electron chi connectivity index (χ4n) is 7.38. The van der Waals surface area contributed by atoms with Crippen LogP contribution in [-0.2, 0) is 25.7 Å². The van der Waals surface area contributed by atoms with E-state index >= 15 is 0 Å². The van der Waals surface area contributed by atoms with Crippen molar-refractivity contribution in [2.24, 2.45) is 0 Å². The molecule has 9 heteroatoms. The third-order valence-corrected chi connectivity index (χ3v) is 9.97. The summed E-state index contributed by atoms with van der Waals surface area (Å²) in [5, 5.41) is 11.6. The summed E-state index contributed by atoms with van der Waals surface area (Å²) in [4.78, 5) is 4.69. The molecule has 0 unspecified atom stereocenters. The average Bonchev–Trinajstić information content (AvgIpc) is 3.08. The minimum atomic E-state index is -0.165. The SMILES string of the molecule is COc1ccc2cc1Oc1ccc(cc1)C[C@@H]1c3cc(c(OC)cc3CCN1C)Oc1c(OC)c(OC)c(O)c3c1[C@@H](C2)N(C)CC3. The van der Waals surface area contributed by atoms with E-state index in [9.17, 15) is 5.11 Å². The van der Waals surface area contributed by atoms with Crippen LogP contribution in [0.1, 0.15) is 45.5 Å². The van der Waals surface area contributed by atoms with Crippen molar-refractivity contribution in [1.29, 1.82) is 0 Å². The molecule has 4 heterocycles. The van der Waals surface area contributed by atoms with E-state index in [4.69, 9.17) is 28.4 Å². The Morgan fingerprint density at radius 2 is 1.34 bits per heavy atom. The molecule has 0 spiro atoms. The smallest absolute Gasteiger partial charge is 0.208 e. The Kier molecular flexibility index (Phi) is 8.28. The number of likely N-dealkylation sites (N-methyl/N-ethyl adjacent to an activating group) is 2. The fourth-order valence-corrected chi connectivity index (χ4v) is 7.38. The summed E-state index contributed by atoms with van der Waals surface area (Å²) < 4.78 is 36.8. The molecule has 0 saturated carbocycles. The number of nitrogens with zero attached hydrogens (tertiary/aromatic N) is 2. The minimum Gasteiger partial charge on any atom is -0.504 e. The molecule has 4 aliphatic rings. The largest absolute Gasteiger partial charge is 0.504 e. The van der Waals surface area contributed by atoms with E-state index in [-0.39, 0.29) is 23.6 Å². The standard InChI is InChI=1S/C38H42N2O7/c1-39-15-13-24-20-31(43-4)33-21-27(24)28(39)17-22-7-10-25(11-8-22)46-32-19-23(9-12-30(32)42-3)18-29-34-26(14-16-40(29)2)35(41)37(44-5)38(45-6)36(34)47-33/h7-12,19-21,28-29,41H,13-18H2,1-6H3/t28-,29-/m1/s1. The van der Waals surface area contributed by atoms with E-state index in [0.717, 1.165) is 48.4 Å². The van der Waals surface area contributed by atoms with Crippen molar-refractivity contribution in [1.82, 2.24) is 9.80 Å². The van der Waals surface area contributed by atoms with Gasteiger partial charge >= 0.3 is 0 Å². The van der Waals surface area contributed by atoms with Gasteiger partial charge in [0.2, 0.25) is 11.5 Å². The van der Waals surface area contributed by atoms with Crippen molar-refractivity contribution < 1.29 is 33.5 Å². The Morgan fingerprint density at radius 1 is 0.681 bits per heavy atom. The predicted octanol–water partition coefficient (Wildman–Crippen LogP) is 6.87. The van der Waals surface area contributed by atoms with E-state index < -0.39 is 0 Å². The van der Waals surface area contributed by atoms with Crippen molar-refractivity contribution in [2.45, 2.75) is 37.8 Å². The van der Waals surface area contributed by atoms with Crippen LogP contribution >= 0.6 is 0 Å². The molecule has 0 saturated heterocycles. The summed E-state index contributed by atoms with van der Waals surface area (Å²) in [5.41, 5.74) is 6.33. The highest BCUT2D eigenvalue weighted by atomic mass is 16.5. The molecule has 9 nitrogen and oxygen atoms in total. The van der Waals surface area contributed by atoms with Gasteiger partial charge in [-0.25, -0.2) is 0 Å². The number of fused-ring (bicyclic) bond motifs is 2. The van der Waals surface area contributed by atoms with Crippen LogP contribution in [0.4, 0.5) is 0 Å². The molecule has 4 aromatic rings. The molecule has 1 N–H and O–H groups in total. The molecule has 0 radical (unpaired) electrons. The first-order valence-electron chi connectivity index (χ1n) is 16.1. The molecule has 0 aliphatic carbocycles. The number of hydrogen-bond donors (Lipinski definition) is 1. The first-order valence-corrected chi connectivity index (χ1v) is 16.1. The number of benzene rings is 4. The van der Waals surface area contributed by atoms with Gasteiger partial charge in [0.05, 0.1) is 28.4 Å². The normalized spacial score (nSPS) is 19.0. The van der Waals surface area contributed by atoms with Gasteiger partial charge in [0.25, 0.3) is 0 Å². The van der Waals surface area contributed by atoms with Gasteiger partial charge in [0.1, 0.15) is 5.75 Å². The highest BCUT2D eigenvalue weighted by Gasteiger charge is 2.37. The number of phenols is 1. The zero-order valence-corrected chi connectivity index (χ0v) is 27.9. The highest BCUT2D eigenvalue weighted by Crippen LogP contribution is 2.56. The quantitative estimate of drug-likeness (QED) is 0.258. The molecule has 0 fully saturated rings. The topological polar surface area (TPSA) is 82.1 Å². The lowest BCUT2D eigenvalue weighted by Gasteiger charge is -2.38. The third kappa shape index (κ3) is 5.47. The molecule has 2 atom stereocenters. The number of methoxy groups -OCH3 is 4. The molecular formula is C38H42N2O7. The molecule has 246 valence electrons. The second-order valence-corrected chi connectivity index (χ2v) is 12.6. The van der Waals surface area contributed by atoms with Crippen molar-refractivity contribution >= 4 is 0 Å². The van der Waals surface area contributed by atoms with E-state index in [0.29, 0.717) is 47.3 Å². The lowest BCUT2D eigenvalue weighted by Crippen LogP contribution is -2.34. The predicted molar refractivity (Wildman–Crippen MR) is 179 cm³/mol. The van der Waals surface area contributed by atoms with Crippen LogP contribution in [0.5, 0.6) is 51.7 Å². The third-order valence-electron chi connectivity index (χ3n) is 9.97. The maximum Gasteiger partial charge on any atom is 0.208 e. The van der Waals surface area contributed by atoms with Crippen LogP contribution in [0, 0.1) is 0 Å². The second-order valence-electron chi connectivity index (χ2n) is 12.6. The first kappa shape index (κ1) is 31.0. The van der Waals surface area contributed by atoms with Crippen LogP contribution in [0.25, 0.3) is 0 Å². The van der Waals surface area contributed by atoms with E-state index in [1.165, 1.54) is 23.8 Å². The van der Waals surface area contributed by atoms with Gasteiger partial charge in [-0.1, -0.05) is 18.2 Å². The number of hydrogen-bond acceptors (Lipinski definition) is 9. The monoisotopic (exact) mass is 638 g/mol. The Hall–Kier alpha value is -4.60. The number of rotatable bonds is 4. The fraction of sp³-hybridized carbons (Fsp3) is 0.368. The van der Waals surface area contributed by atoms with Crippen LogP contribution in [-0.4, -0.2) is 70.5 Å². The first-order chi connectivity index (χ1) is 22.8. The molecule has 47 heavy (non-hydrogen) atoms. The van der Waals surface area contributed by atoms with Crippen molar-refractivity contribution in [3.63, 3.8) is 0 Å². The van der Waals surface area contributed by atoms with Crippen LogP contribution in [0.3, 0.4) is 0 Å². The summed E-state index contributed by atoms with van der Waals surface area (Å²) in [6, 6.07) is 18.5. The summed E-state index contributed by atoms with van der Waals surface area (Å²) in [5.74, 6) is 4.44. The van der Waals surface area contributed by atoms with Crippen LogP contribution in [0.15, 0.2) is 54.6 Å². The average molecular weight is 639 g/mol. The van der Waals surface area contributed by atoms with E-state index in [1.807, 2.05) is 24.3 Å². The Labute approximate surface area is 276 Å². The second kappa shape index (κ2) is 12.5. The van der Waals surface area contributed by atoms with E-state index in [1.54, 1.807) is 21.3 Å². The number of aromatic hydroxyl groups is 1. The Balaban J connectivity index is 1.49. The van der Waals surface area contributed by atoms with Gasteiger partial charge in [0.15, 0.2) is 34.5 Å². The lowest BCUT2D eigenvalue weighted by molar-refractivity contribution is 0.216. The van der Waals surface area contributed by atoms with Gasteiger partial charge in [0, 0.05) is 36.3 Å². The van der Waals surface area contributed by atoms with Gasteiger partial charge in [-0.3, -0.25) is 9.80 Å². The number of ether oxygens (including phenoxy) is 6.